The van der Waals surface area contributed by atoms with E-state index in [9.17, 15) is 4.79 Å². The van der Waals surface area contributed by atoms with Gasteiger partial charge >= 0.3 is 0 Å². The molecule has 5 heteroatoms. The minimum absolute atomic E-state index is 0.0366. The van der Waals surface area contributed by atoms with Gasteiger partial charge in [0, 0.05) is 32.9 Å². The molecule has 1 rings (SSSR count). The van der Waals surface area contributed by atoms with Crippen LogP contribution < -0.4 is 5.73 Å². The summed E-state index contributed by atoms with van der Waals surface area (Å²) in [5.74, 6) is 0.0366. The molecule has 5 nitrogen and oxygen atoms in total. The Morgan fingerprint density at radius 2 is 2.24 bits per heavy atom. The fourth-order valence-electron chi connectivity index (χ4n) is 1.80. The van der Waals surface area contributed by atoms with E-state index in [1.54, 1.807) is 10.9 Å². The van der Waals surface area contributed by atoms with Crippen molar-refractivity contribution in [2.45, 2.75) is 26.7 Å². The predicted molar refractivity (Wildman–Crippen MR) is 67.8 cm³/mol. The molecule has 2 N–H and O–H groups in total. The molecular formula is C12H22N4O. The number of aromatic nitrogens is 2. The molecule has 0 fully saturated rings. The zero-order chi connectivity index (χ0) is 12.8. The van der Waals surface area contributed by atoms with E-state index in [1.165, 1.54) is 0 Å². The predicted octanol–water partition coefficient (Wildman–Crippen LogP) is 0.930. The third kappa shape index (κ3) is 3.56. The van der Waals surface area contributed by atoms with Crippen LogP contribution in [0.5, 0.6) is 0 Å². The molecule has 96 valence electrons. The molecule has 1 aromatic heterocycles. The second-order valence-electron chi connectivity index (χ2n) is 4.24. The van der Waals surface area contributed by atoms with Crippen LogP contribution in [0.1, 0.15) is 35.8 Å². The number of amides is 1. The molecule has 0 bridgehead atoms. The summed E-state index contributed by atoms with van der Waals surface area (Å²) in [5, 5.41) is 4.19. The average Bonchev–Trinajstić information content (AvgIpc) is 2.63. The number of carbonyl (C=O) groups excluding carboxylic acids is 1. The molecule has 0 unspecified atom stereocenters. The molecule has 0 aliphatic heterocycles. The zero-order valence-corrected chi connectivity index (χ0v) is 10.9. The second kappa shape index (κ2) is 6.39. The van der Waals surface area contributed by atoms with Crippen LogP contribution in [0.15, 0.2) is 6.20 Å². The van der Waals surface area contributed by atoms with Crippen molar-refractivity contribution in [1.29, 1.82) is 0 Å². The van der Waals surface area contributed by atoms with Gasteiger partial charge in [0.05, 0.1) is 11.3 Å². The summed E-state index contributed by atoms with van der Waals surface area (Å²) in [6.45, 7) is 5.83. The number of aryl methyl sites for hydroxylation is 2. The Bertz CT molecular complexity index is 373. The van der Waals surface area contributed by atoms with E-state index < -0.39 is 0 Å². The highest BCUT2D eigenvalue weighted by Crippen LogP contribution is 2.09. The Balaban J connectivity index is 2.79. The molecule has 0 aliphatic carbocycles. The molecule has 0 aliphatic rings. The quantitative estimate of drug-likeness (QED) is 0.802. The van der Waals surface area contributed by atoms with E-state index in [4.69, 9.17) is 5.73 Å². The van der Waals surface area contributed by atoms with Crippen LogP contribution in [0.4, 0.5) is 0 Å². The van der Waals surface area contributed by atoms with Gasteiger partial charge in [-0.2, -0.15) is 5.10 Å². The largest absolute Gasteiger partial charge is 0.337 e. The third-order valence-corrected chi connectivity index (χ3v) is 2.71. The van der Waals surface area contributed by atoms with Crippen LogP contribution in [-0.4, -0.2) is 40.2 Å². The molecule has 1 heterocycles. The molecule has 17 heavy (non-hydrogen) atoms. The van der Waals surface area contributed by atoms with Crippen LogP contribution in [0.2, 0.25) is 0 Å². The molecular weight excluding hydrogens is 216 g/mol. The SMILES string of the molecule is CCCCN(CCN)C(=O)c1cn(C)nc1C. The van der Waals surface area contributed by atoms with Crippen molar-refractivity contribution >= 4 is 5.91 Å². The van der Waals surface area contributed by atoms with Gasteiger partial charge in [0.2, 0.25) is 0 Å². The van der Waals surface area contributed by atoms with E-state index in [0.717, 1.165) is 25.1 Å². The van der Waals surface area contributed by atoms with Gasteiger partial charge in [0.1, 0.15) is 0 Å². The molecule has 1 amide bonds. The Kier molecular flexibility index (Phi) is 5.15. The average molecular weight is 238 g/mol. The maximum atomic E-state index is 12.3. The number of carbonyl (C=O) groups is 1. The summed E-state index contributed by atoms with van der Waals surface area (Å²) in [6, 6.07) is 0. The van der Waals surface area contributed by atoms with Crippen LogP contribution in [0.3, 0.4) is 0 Å². The fourth-order valence-corrected chi connectivity index (χ4v) is 1.80. The van der Waals surface area contributed by atoms with Crippen LogP contribution in [0, 0.1) is 6.92 Å². The summed E-state index contributed by atoms with van der Waals surface area (Å²) < 4.78 is 1.67. The zero-order valence-electron chi connectivity index (χ0n) is 10.9. The maximum Gasteiger partial charge on any atom is 0.257 e. The number of hydrogen-bond donors (Lipinski definition) is 1. The summed E-state index contributed by atoms with van der Waals surface area (Å²) >= 11 is 0. The normalized spacial score (nSPS) is 10.6. The van der Waals surface area contributed by atoms with Crippen molar-refractivity contribution in [2.24, 2.45) is 12.8 Å². The lowest BCUT2D eigenvalue weighted by Crippen LogP contribution is -2.36. The van der Waals surface area contributed by atoms with Gasteiger partial charge in [0.25, 0.3) is 5.91 Å². The lowest BCUT2D eigenvalue weighted by molar-refractivity contribution is 0.0757. The van der Waals surface area contributed by atoms with Crippen molar-refractivity contribution in [3.63, 3.8) is 0 Å². The van der Waals surface area contributed by atoms with Gasteiger partial charge in [-0.05, 0) is 13.3 Å². The first-order valence-corrected chi connectivity index (χ1v) is 6.09. The van der Waals surface area contributed by atoms with E-state index in [1.807, 2.05) is 18.9 Å². The standard InChI is InChI=1S/C12H22N4O/c1-4-5-7-16(8-6-13)12(17)11-9-15(3)14-10(11)2/h9H,4-8,13H2,1-3H3. The first-order valence-electron chi connectivity index (χ1n) is 6.09. The molecule has 0 radical (unpaired) electrons. The Labute approximate surface area is 103 Å². The van der Waals surface area contributed by atoms with Crippen molar-refractivity contribution in [3.8, 4) is 0 Å². The monoisotopic (exact) mass is 238 g/mol. The first kappa shape index (κ1) is 13.7. The summed E-state index contributed by atoms with van der Waals surface area (Å²) in [4.78, 5) is 14.1. The highest BCUT2D eigenvalue weighted by Gasteiger charge is 2.18. The van der Waals surface area contributed by atoms with Gasteiger partial charge in [-0.1, -0.05) is 13.3 Å². The van der Waals surface area contributed by atoms with Gasteiger partial charge in [-0.25, -0.2) is 0 Å². The van der Waals surface area contributed by atoms with Gasteiger partial charge in [-0.15, -0.1) is 0 Å². The second-order valence-corrected chi connectivity index (χ2v) is 4.24. The minimum Gasteiger partial charge on any atom is -0.337 e. The topological polar surface area (TPSA) is 64.2 Å². The highest BCUT2D eigenvalue weighted by atomic mass is 16.2. The molecule has 0 spiro atoms. The molecule has 0 aromatic carbocycles. The van der Waals surface area contributed by atoms with Crippen molar-refractivity contribution in [1.82, 2.24) is 14.7 Å². The Morgan fingerprint density at radius 1 is 1.53 bits per heavy atom. The minimum atomic E-state index is 0.0366. The third-order valence-electron chi connectivity index (χ3n) is 2.71. The summed E-state index contributed by atoms with van der Waals surface area (Å²) in [6.07, 6.45) is 3.85. The van der Waals surface area contributed by atoms with E-state index in [2.05, 4.69) is 12.0 Å². The fraction of sp³-hybridized carbons (Fsp3) is 0.667. The number of rotatable bonds is 6. The van der Waals surface area contributed by atoms with E-state index >= 15 is 0 Å². The van der Waals surface area contributed by atoms with Crippen molar-refractivity contribution in [2.75, 3.05) is 19.6 Å². The number of unbranched alkanes of at least 4 members (excludes halogenated alkanes) is 1. The molecule has 1 aromatic rings. The lowest BCUT2D eigenvalue weighted by atomic mass is 10.2. The number of hydrogen-bond acceptors (Lipinski definition) is 3. The maximum absolute atomic E-state index is 12.3. The van der Waals surface area contributed by atoms with E-state index in [-0.39, 0.29) is 5.91 Å². The van der Waals surface area contributed by atoms with Gasteiger partial charge in [-0.3, -0.25) is 9.48 Å². The lowest BCUT2D eigenvalue weighted by Gasteiger charge is -2.21. The van der Waals surface area contributed by atoms with Crippen LogP contribution in [0.25, 0.3) is 0 Å². The summed E-state index contributed by atoms with van der Waals surface area (Å²) in [7, 11) is 1.82. The number of nitrogens with two attached hydrogens (primary N) is 1. The highest BCUT2D eigenvalue weighted by molar-refractivity contribution is 5.95. The smallest absolute Gasteiger partial charge is 0.257 e. The molecule has 0 saturated heterocycles. The summed E-state index contributed by atoms with van der Waals surface area (Å²) in [5.41, 5.74) is 7.00. The Hall–Kier alpha value is -1.36. The molecule has 0 atom stereocenters. The molecule has 0 saturated carbocycles. The number of nitrogens with zero attached hydrogens (tertiary/aromatic N) is 3. The first-order chi connectivity index (χ1) is 8.10. The van der Waals surface area contributed by atoms with Gasteiger partial charge in [0.15, 0.2) is 0 Å². The van der Waals surface area contributed by atoms with Crippen LogP contribution in [-0.2, 0) is 7.05 Å². The van der Waals surface area contributed by atoms with Crippen molar-refractivity contribution < 1.29 is 4.79 Å². The van der Waals surface area contributed by atoms with Crippen molar-refractivity contribution in [3.05, 3.63) is 17.5 Å². The van der Waals surface area contributed by atoms with Crippen LogP contribution >= 0.6 is 0 Å². The van der Waals surface area contributed by atoms with Gasteiger partial charge < -0.3 is 10.6 Å². The Morgan fingerprint density at radius 3 is 2.71 bits per heavy atom. The van der Waals surface area contributed by atoms with E-state index in [0.29, 0.717) is 18.7 Å².